The zero-order valence-electron chi connectivity index (χ0n) is 14.2. The van der Waals surface area contributed by atoms with Crippen LogP contribution >= 0.6 is 0 Å². The fraction of sp³-hybridized carbons (Fsp3) is 0.611. The molecule has 0 radical (unpaired) electrons. The van der Waals surface area contributed by atoms with Gasteiger partial charge in [0.1, 0.15) is 0 Å². The summed E-state index contributed by atoms with van der Waals surface area (Å²) in [4.78, 5) is 16.3. The topological polar surface area (TPSA) is 32.8 Å². The number of rotatable bonds is 7. The highest BCUT2D eigenvalue weighted by atomic mass is 19.1. The van der Waals surface area contributed by atoms with E-state index in [1.165, 1.54) is 13.2 Å². The summed E-state index contributed by atoms with van der Waals surface area (Å²) < 4.78 is 18.7. The molecule has 1 aliphatic rings. The Morgan fingerprint density at radius 2 is 1.96 bits per heavy atom. The molecule has 4 nitrogen and oxygen atoms in total. The minimum Gasteiger partial charge on any atom is -0.494 e. The van der Waals surface area contributed by atoms with Crippen molar-refractivity contribution in [2.45, 2.75) is 39.2 Å². The molecular weight excluding hydrogens is 295 g/mol. The Kier molecular flexibility index (Phi) is 6.84. The molecule has 1 aliphatic heterocycles. The van der Waals surface area contributed by atoms with E-state index in [4.69, 9.17) is 4.74 Å². The Bertz CT molecular complexity index is 514. The zero-order valence-corrected chi connectivity index (χ0v) is 14.2. The van der Waals surface area contributed by atoms with Crippen LogP contribution < -0.4 is 4.74 Å². The summed E-state index contributed by atoms with van der Waals surface area (Å²) in [6.07, 6.45) is 3.91. The first-order valence-corrected chi connectivity index (χ1v) is 8.46. The molecule has 0 saturated carbocycles. The average molecular weight is 322 g/mol. The van der Waals surface area contributed by atoms with Gasteiger partial charge in [0, 0.05) is 39.1 Å². The van der Waals surface area contributed by atoms with Gasteiger partial charge in [-0.2, -0.15) is 0 Å². The monoisotopic (exact) mass is 322 g/mol. The molecule has 0 spiro atoms. The maximum absolute atomic E-state index is 13.7. The van der Waals surface area contributed by atoms with Crippen LogP contribution in [0.3, 0.4) is 0 Å². The van der Waals surface area contributed by atoms with Gasteiger partial charge in [-0.05, 0) is 24.1 Å². The minimum absolute atomic E-state index is 0.272. The summed E-state index contributed by atoms with van der Waals surface area (Å²) in [7, 11) is 1.47. The lowest BCUT2D eigenvalue weighted by Crippen LogP contribution is -2.48. The Balaban J connectivity index is 1.78. The molecule has 1 aromatic rings. The van der Waals surface area contributed by atoms with Crippen LogP contribution in [0.2, 0.25) is 0 Å². The van der Waals surface area contributed by atoms with Crippen molar-refractivity contribution in [1.82, 2.24) is 9.80 Å². The van der Waals surface area contributed by atoms with Gasteiger partial charge in [0.05, 0.1) is 7.11 Å². The summed E-state index contributed by atoms with van der Waals surface area (Å²) in [6, 6.07) is 5.09. The minimum atomic E-state index is -0.324. The average Bonchev–Trinajstić information content (AvgIpc) is 2.56. The lowest BCUT2D eigenvalue weighted by Gasteiger charge is -2.34. The molecule has 0 N–H and O–H groups in total. The normalized spacial score (nSPS) is 15.7. The highest BCUT2D eigenvalue weighted by Crippen LogP contribution is 2.19. The van der Waals surface area contributed by atoms with Crippen LogP contribution in [-0.4, -0.2) is 49.0 Å². The molecule has 1 fully saturated rings. The molecule has 0 atom stereocenters. The molecular formula is C18H27FN2O2. The Morgan fingerprint density at radius 3 is 2.57 bits per heavy atom. The number of hydrogen-bond acceptors (Lipinski definition) is 3. The van der Waals surface area contributed by atoms with Crippen LogP contribution in [0.15, 0.2) is 18.2 Å². The van der Waals surface area contributed by atoms with Crippen molar-refractivity contribution in [1.29, 1.82) is 0 Å². The number of benzene rings is 1. The summed E-state index contributed by atoms with van der Waals surface area (Å²) >= 11 is 0. The highest BCUT2D eigenvalue weighted by molar-refractivity contribution is 5.76. The maximum Gasteiger partial charge on any atom is 0.222 e. The van der Waals surface area contributed by atoms with Crippen molar-refractivity contribution in [2.24, 2.45) is 0 Å². The summed E-state index contributed by atoms with van der Waals surface area (Å²) in [5, 5.41) is 0. The second kappa shape index (κ2) is 8.87. The van der Waals surface area contributed by atoms with Gasteiger partial charge in [-0.1, -0.05) is 25.8 Å². The third-order valence-electron chi connectivity index (χ3n) is 4.34. The third-order valence-corrected chi connectivity index (χ3v) is 4.34. The molecule has 128 valence electrons. The van der Waals surface area contributed by atoms with Crippen molar-refractivity contribution in [3.63, 3.8) is 0 Å². The van der Waals surface area contributed by atoms with Gasteiger partial charge in [-0.15, -0.1) is 0 Å². The van der Waals surface area contributed by atoms with Crippen molar-refractivity contribution >= 4 is 5.91 Å². The van der Waals surface area contributed by atoms with Crippen molar-refractivity contribution in [3.8, 4) is 5.75 Å². The molecule has 0 aliphatic carbocycles. The van der Waals surface area contributed by atoms with Gasteiger partial charge in [0.15, 0.2) is 11.6 Å². The molecule has 23 heavy (non-hydrogen) atoms. The number of unbranched alkanes of at least 4 members (excludes halogenated alkanes) is 2. The van der Waals surface area contributed by atoms with Crippen LogP contribution in [0.25, 0.3) is 0 Å². The molecule has 0 unspecified atom stereocenters. The van der Waals surface area contributed by atoms with Crippen LogP contribution in [-0.2, 0) is 11.3 Å². The highest BCUT2D eigenvalue weighted by Gasteiger charge is 2.20. The zero-order chi connectivity index (χ0) is 16.7. The lowest BCUT2D eigenvalue weighted by molar-refractivity contribution is -0.133. The number of halogens is 1. The second-order valence-electron chi connectivity index (χ2n) is 6.08. The number of nitrogens with zero attached hydrogens (tertiary/aromatic N) is 2. The van der Waals surface area contributed by atoms with E-state index in [1.54, 1.807) is 6.07 Å². The lowest BCUT2D eigenvalue weighted by atomic mass is 10.1. The van der Waals surface area contributed by atoms with E-state index in [-0.39, 0.29) is 17.5 Å². The summed E-state index contributed by atoms with van der Waals surface area (Å²) in [5.74, 6) is 0.222. The van der Waals surface area contributed by atoms with Crippen molar-refractivity contribution < 1.29 is 13.9 Å². The van der Waals surface area contributed by atoms with Gasteiger partial charge < -0.3 is 9.64 Å². The molecule has 2 rings (SSSR count). The van der Waals surface area contributed by atoms with E-state index in [0.717, 1.165) is 51.0 Å². The Hall–Kier alpha value is -1.62. The predicted octanol–water partition coefficient (Wildman–Crippen LogP) is 3.06. The van der Waals surface area contributed by atoms with Crippen LogP contribution in [0.4, 0.5) is 4.39 Å². The van der Waals surface area contributed by atoms with Crippen molar-refractivity contribution in [3.05, 3.63) is 29.6 Å². The number of hydrogen-bond donors (Lipinski definition) is 0. The number of piperazine rings is 1. The molecule has 5 heteroatoms. The molecule has 1 amide bonds. The standard InChI is InChI=1S/C18H27FN2O2/c1-3-4-5-6-18(22)21-11-9-20(10-12-21)14-15-7-8-17(23-2)16(19)13-15/h7-8,13H,3-6,9-12,14H2,1-2H3. The SMILES string of the molecule is CCCCCC(=O)N1CCN(Cc2ccc(OC)c(F)c2)CC1. The van der Waals surface area contributed by atoms with Crippen molar-refractivity contribution in [2.75, 3.05) is 33.3 Å². The second-order valence-corrected chi connectivity index (χ2v) is 6.08. The predicted molar refractivity (Wildman–Crippen MR) is 89.0 cm³/mol. The van der Waals surface area contributed by atoms with Gasteiger partial charge in [-0.25, -0.2) is 4.39 Å². The number of ether oxygens (including phenoxy) is 1. The van der Waals surface area contributed by atoms with E-state index in [1.807, 2.05) is 11.0 Å². The smallest absolute Gasteiger partial charge is 0.222 e. The fourth-order valence-electron chi connectivity index (χ4n) is 2.91. The van der Waals surface area contributed by atoms with E-state index in [0.29, 0.717) is 13.0 Å². The first-order valence-electron chi connectivity index (χ1n) is 8.46. The van der Waals surface area contributed by atoms with Gasteiger partial charge in [-0.3, -0.25) is 9.69 Å². The molecule has 1 saturated heterocycles. The van der Waals surface area contributed by atoms with E-state index < -0.39 is 0 Å². The van der Waals surface area contributed by atoms with Gasteiger partial charge in [0.2, 0.25) is 5.91 Å². The Labute approximate surface area is 138 Å². The van der Waals surface area contributed by atoms with E-state index in [9.17, 15) is 9.18 Å². The number of carbonyl (C=O) groups excluding carboxylic acids is 1. The van der Waals surface area contributed by atoms with Crippen LogP contribution in [0, 0.1) is 5.82 Å². The van der Waals surface area contributed by atoms with E-state index in [2.05, 4.69) is 11.8 Å². The molecule has 0 bridgehead atoms. The molecule has 1 aromatic carbocycles. The van der Waals surface area contributed by atoms with E-state index >= 15 is 0 Å². The molecule has 0 aromatic heterocycles. The largest absolute Gasteiger partial charge is 0.494 e. The molecule has 1 heterocycles. The number of carbonyl (C=O) groups is 1. The quantitative estimate of drug-likeness (QED) is 0.723. The first-order chi connectivity index (χ1) is 11.1. The number of amides is 1. The van der Waals surface area contributed by atoms with Gasteiger partial charge in [0.25, 0.3) is 0 Å². The fourth-order valence-corrected chi connectivity index (χ4v) is 2.91. The Morgan fingerprint density at radius 1 is 1.22 bits per heavy atom. The van der Waals surface area contributed by atoms with Crippen LogP contribution in [0.5, 0.6) is 5.75 Å². The van der Waals surface area contributed by atoms with Crippen LogP contribution in [0.1, 0.15) is 38.2 Å². The number of methoxy groups -OCH3 is 1. The maximum atomic E-state index is 13.7. The van der Waals surface area contributed by atoms with Gasteiger partial charge >= 0.3 is 0 Å². The summed E-state index contributed by atoms with van der Waals surface area (Å²) in [6.45, 7) is 6.07. The third kappa shape index (κ3) is 5.20. The summed E-state index contributed by atoms with van der Waals surface area (Å²) in [5.41, 5.74) is 0.936. The first kappa shape index (κ1) is 17.7.